The molecule has 0 N–H and O–H groups in total. The number of aromatic nitrogens is 1. The van der Waals surface area contributed by atoms with Crippen LogP contribution >= 0.6 is 0 Å². The summed E-state index contributed by atoms with van der Waals surface area (Å²) in [4.78, 5) is 15.7. The third kappa shape index (κ3) is 8.80. The van der Waals surface area contributed by atoms with E-state index in [4.69, 9.17) is 4.74 Å². The van der Waals surface area contributed by atoms with Gasteiger partial charge >= 0.3 is 0 Å². The highest BCUT2D eigenvalue weighted by Crippen LogP contribution is 2.19. The van der Waals surface area contributed by atoms with Crippen molar-refractivity contribution in [2.45, 2.75) is 39.2 Å². The number of hydrogen-bond donors (Lipinski definition) is 0. The maximum absolute atomic E-state index is 13.9. The van der Waals surface area contributed by atoms with Crippen LogP contribution in [0, 0.1) is 5.92 Å². The summed E-state index contributed by atoms with van der Waals surface area (Å²) in [6.45, 7) is 5.32. The molecule has 216 valence electrons. The highest BCUT2D eigenvalue weighted by atomic mass is 32.2. The van der Waals surface area contributed by atoms with Gasteiger partial charge in [-0.3, -0.25) is 4.79 Å². The second-order valence-electron chi connectivity index (χ2n) is 10.6. The Bertz CT molecular complexity index is 1500. The third-order valence-electron chi connectivity index (χ3n) is 6.80. The topological polar surface area (TPSA) is 71.8 Å². The first-order chi connectivity index (χ1) is 19.7. The zero-order valence-electron chi connectivity index (χ0n) is 24.0. The molecule has 0 saturated carbocycles. The summed E-state index contributed by atoms with van der Waals surface area (Å²) in [5, 5.41) is 0. The minimum atomic E-state index is -3.72. The fourth-order valence-corrected chi connectivity index (χ4v) is 6.39. The van der Waals surface area contributed by atoms with Gasteiger partial charge in [0.05, 0.1) is 26.0 Å². The Kier molecular flexibility index (Phi) is 10.4. The molecule has 0 unspecified atom stereocenters. The van der Waals surface area contributed by atoms with Gasteiger partial charge in [0.1, 0.15) is 5.75 Å². The van der Waals surface area contributed by atoms with Crippen LogP contribution < -0.4 is 4.74 Å². The van der Waals surface area contributed by atoms with Crippen molar-refractivity contribution in [2.75, 3.05) is 20.2 Å². The molecule has 0 aliphatic heterocycles. The average molecular weight is 574 g/mol. The van der Waals surface area contributed by atoms with E-state index in [2.05, 4.69) is 4.57 Å². The number of sulfonamides is 1. The Morgan fingerprint density at radius 3 is 2.15 bits per heavy atom. The molecule has 0 bridgehead atoms. The number of hydrogen-bond acceptors (Lipinski definition) is 4. The van der Waals surface area contributed by atoms with E-state index in [9.17, 15) is 13.2 Å². The highest BCUT2D eigenvalue weighted by molar-refractivity contribution is 7.88. The molecule has 4 rings (SSSR count). The van der Waals surface area contributed by atoms with E-state index in [1.165, 1.54) is 4.31 Å². The van der Waals surface area contributed by atoms with Gasteiger partial charge in [0, 0.05) is 31.5 Å². The quantitative estimate of drug-likeness (QED) is 0.198. The zero-order valence-corrected chi connectivity index (χ0v) is 24.8. The standard InChI is InChI=1S/C33H39N3O4S/c1-27(2)21-36(41(38,39)26-29-14-8-5-9-15-29)25-33(37)35(22-28-12-6-4-7-13-28)24-31-17-11-19-34(31)23-30-16-10-18-32(20-30)40-3/h4-20,27H,21-26H2,1-3H3. The molecule has 3 aromatic carbocycles. The molecule has 4 aromatic rings. The minimum Gasteiger partial charge on any atom is -0.497 e. The summed E-state index contributed by atoms with van der Waals surface area (Å²) < 4.78 is 35.9. The van der Waals surface area contributed by atoms with Gasteiger partial charge in [-0.25, -0.2) is 8.42 Å². The van der Waals surface area contributed by atoms with Crippen LogP contribution in [-0.2, 0) is 40.2 Å². The number of benzene rings is 3. The molecule has 0 aliphatic rings. The summed E-state index contributed by atoms with van der Waals surface area (Å²) in [6, 6.07) is 30.8. The molecule has 1 heterocycles. The molecular formula is C33H39N3O4S. The number of methoxy groups -OCH3 is 1. The Labute approximate surface area is 244 Å². The minimum absolute atomic E-state index is 0.0658. The molecule has 1 amide bonds. The Morgan fingerprint density at radius 1 is 0.829 bits per heavy atom. The lowest BCUT2D eigenvalue weighted by atomic mass is 10.2. The fraction of sp³-hybridized carbons (Fsp3) is 0.303. The number of carbonyl (C=O) groups excluding carboxylic acids is 1. The summed E-state index contributed by atoms with van der Waals surface area (Å²) in [6.07, 6.45) is 2.00. The molecule has 0 saturated heterocycles. The molecule has 0 radical (unpaired) electrons. The van der Waals surface area contributed by atoms with Crippen LogP contribution in [0.1, 0.15) is 36.2 Å². The maximum atomic E-state index is 13.9. The van der Waals surface area contributed by atoms with Crippen LogP contribution in [0.3, 0.4) is 0 Å². The number of carbonyl (C=O) groups is 1. The number of ether oxygens (including phenoxy) is 1. The van der Waals surface area contributed by atoms with Crippen molar-refractivity contribution >= 4 is 15.9 Å². The van der Waals surface area contributed by atoms with E-state index in [1.807, 2.05) is 105 Å². The lowest BCUT2D eigenvalue weighted by molar-refractivity contribution is -0.132. The van der Waals surface area contributed by atoms with Crippen LogP contribution in [0.25, 0.3) is 0 Å². The number of nitrogens with zero attached hydrogens (tertiary/aromatic N) is 3. The van der Waals surface area contributed by atoms with Crippen LogP contribution in [0.4, 0.5) is 0 Å². The van der Waals surface area contributed by atoms with E-state index in [0.717, 1.165) is 22.6 Å². The largest absolute Gasteiger partial charge is 0.497 e. The van der Waals surface area contributed by atoms with Gasteiger partial charge in [0.15, 0.2) is 0 Å². The zero-order chi connectivity index (χ0) is 29.2. The van der Waals surface area contributed by atoms with E-state index < -0.39 is 10.0 Å². The smallest absolute Gasteiger partial charge is 0.238 e. The molecule has 1 aromatic heterocycles. The number of rotatable bonds is 14. The first-order valence-corrected chi connectivity index (χ1v) is 15.4. The summed E-state index contributed by atoms with van der Waals surface area (Å²) in [5.41, 5.74) is 3.72. The molecule has 41 heavy (non-hydrogen) atoms. The lowest BCUT2D eigenvalue weighted by Gasteiger charge is -2.29. The summed E-state index contributed by atoms with van der Waals surface area (Å²) in [5.74, 6) is 0.478. The van der Waals surface area contributed by atoms with Crippen molar-refractivity contribution in [3.8, 4) is 5.75 Å². The van der Waals surface area contributed by atoms with Crippen molar-refractivity contribution < 1.29 is 17.9 Å². The Balaban J connectivity index is 1.58. The van der Waals surface area contributed by atoms with Crippen LogP contribution in [-0.4, -0.2) is 48.3 Å². The third-order valence-corrected chi connectivity index (χ3v) is 8.56. The molecule has 0 spiro atoms. The van der Waals surface area contributed by atoms with Gasteiger partial charge in [-0.1, -0.05) is 86.6 Å². The van der Waals surface area contributed by atoms with Crippen LogP contribution in [0.5, 0.6) is 5.75 Å². The van der Waals surface area contributed by atoms with E-state index in [1.54, 1.807) is 24.1 Å². The van der Waals surface area contributed by atoms with E-state index >= 15 is 0 Å². The van der Waals surface area contributed by atoms with Crippen LogP contribution in [0.2, 0.25) is 0 Å². The summed E-state index contributed by atoms with van der Waals surface area (Å²) >= 11 is 0. The van der Waals surface area contributed by atoms with Crippen molar-refractivity contribution in [1.29, 1.82) is 0 Å². The first kappa shape index (κ1) is 30.1. The normalized spacial score (nSPS) is 11.6. The summed E-state index contributed by atoms with van der Waals surface area (Å²) in [7, 11) is -2.07. The predicted molar refractivity (Wildman–Crippen MR) is 163 cm³/mol. The van der Waals surface area contributed by atoms with E-state index in [0.29, 0.717) is 25.2 Å². The van der Waals surface area contributed by atoms with Crippen molar-refractivity contribution in [3.63, 3.8) is 0 Å². The monoisotopic (exact) mass is 573 g/mol. The van der Waals surface area contributed by atoms with Gasteiger partial charge in [-0.15, -0.1) is 0 Å². The second kappa shape index (κ2) is 14.1. The first-order valence-electron chi connectivity index (χ1n) is 13.8. The van der Waals surface area contributed by atoms with E-state index in [-0.39, 0.29) is 30.7 Å². The van der Waals surface area contributed by atoms with Gasteiger partial charge in [0.25, 0.3) is 0 Å². The highest BCUT2D eigenvalue weighted by Gasteiger charge is 2.28. The molecule has 0 fully saturated rings. The van der Waals surface area contributed by atoms with Crippen molar-refractivity contribution in [1.82, 2.24) is 13.8 Å². The lowest BCUT2D eigenvalue weighted by Crippen LogP contribution is -2.44. The molecule has 7 nitrogen and oxygen atoms in total. The predicted octanol–water partition coefficient (Wildman–Crippen LogP) is 5.56. The molecule has 0 atom stereocenters. The van der Waals surface area contributed by atoms with Crippen LogP contribution in [0.15, 0.2) is 103 Å². The molecule has 0 aliphatic carbocycles. The SMILES string of the molecule is COc1cccc(Cn2cccc2CN(Cc2ccccc2)C(=O)CN(CC(C)C)S(=O)(=O)Cc2ccccc2)c1. The van der Waals surface area contributed by atoms with Gasteiger partial charge < -0.3 is 14.2 Å². The Hall–Kier alpha value is -3.88. The van der Waals surface area contributed by atoms with Crippen molar-refractivity contribution in [3.05, 3.63) is 126 Å². The average Bonchev–Trinajstić information content (AvgIpc) is 3.39. The van der Waals surface area contributed by atoms with Crippen molar-refractivity contribution in [2.24, 2.45) is 5.92 Å². The van der Waals surface area contributed by atoms with Gasteiger partial charge in [-0.2, -0.15) is 4.31 Å². The maximum Gasteiger partial charge on any atom is 0.238 e. The number of amides is 1. The van der Waals surface area contributed by atoms with Gasteiger partial charge in [0.2, 0.25) is 15.9 Å². The fourth-order valence-electron chi connectivity index (χ4n) is 4.76. The molecular weight excluding hydrogens is 534 g/mol. The molecule has 8 heteroatoms. The second-order valence-corrected chi connectivity index (χ2v) is 12.6. The van der Waals surface area contributed by atoms with Gasteiger partial charge in [-0.05, 0) is 46.9 Å². The Morgan fingerprint density at radius 2 is 1.49 bits per heavy atom.